The average molecular weight is 465 g/mol. The Morgan fingerprint density at radius 1 is 0.444 bits per heavy atom. The fourth-order valence-corrected chi connectivity index (χ4v) is 5.25. The molecule has 170 valence electrons. The molecule has 5 aromatic carbocycles. The van der Waals surface area contributed by atoms with Crippen molar-refractivity contribution in [3.63, 3.8) is 0 Å². The number of aromatic amines is 2. The molecule has 0 saturated heterocycles. The van der Waals surface area contributed by atoms with Gasteiger partial charge in [-0.15, -0.1) is 0 Å². The van der Waals surface area contributed by atoms with E-state index in [9.17, 15) is 9.59 Å². The van der Waals surface area contributed by atoms with Gasteiger partial charge >= 0.3 is 0 Å². The molecule has 0 fully saturated rings. The molecular formula is C32H20N2O2. The second kappa shape index (κ2) is 7.79. The van der Waals surface area contributed by atoms with Crippen LogP contribution in [0.15, 0.2) is 119 Å². The van der Waals surface area contributed by atoms with E-state index in [1.165, 1.54) is 0 Å². The molecule has 2 N–H and O–H groups in total. The number of pyridine rings is 2. The SMILES string of the molecule is O=c1c2ccccc2[nH]c2cc3c(=O)c4c(-c5ccccc5)c(-c5ccccc5)ccc4[nH]c3cc12. The molecule has 0 saturated carbocycles. The van der Waals surface area contributed by atoms with Crippen molar-refractivity contribution in [2.45, 2.75) is 0 Å². The normalized spacial score (nSPS) is 11.6. The van der Waals surface area contributed by atoms with Crippen LogP contribution in [0.1, 0.15) is 0 Å². The van der Waals surface area contributed by atoms with E-state index in [4.69, 9.17) is 0 Å². The first kappa shape index (κ1) is 20.4. The van der Waals surface area contributed by atoms with E-state index in [-0.39, 0.29) is 10.9 Å². The number of rotatable bonds is 2. The second-order valence-electron chi connectivity index (χ2n) is 9.04. The first-order chi connectivity index (χ1) is 17.7. The molecule has 0 atom stereocenters. The predicted molar refractivity (Wildman–Crippen MR) is 149 cm³/mol. The van der Waals surface area contributed by atoms with Crippen molar-refractivity contribution in [1.82, 2.24) is 9.97 Å². The van der Waals surface area contributed by atoms with Gasteiger partial charge in [0.05, 0.1) is 21.9 Å². The number of nitrogens with one attached hydrogen (secondary N) is 2. The van der Waals surface area contributed by atoms with Crippen LogP contribution < -0.4 is 10.9 Å². The van der Waals surface area contributed by atoms with E-state index in [0.29, 0.717) is 32.6 Å². The highest BCUT2D eigenvalue weighted by Crippen LogP contribution is 2.37. The number of para-hydroxylation sites is 1. The maximum absolute atomic E-state index is 14.1. The van der Waals surface area contributed by atoms with Gasteiger partial charge in [0.15, 0.2) is 10.9 Å². The minimum Gasteiger partial charge on any atom is -0.354 e. The fraction of sp³-hybridized carbons (Fsp3) is 0. The molecule has 7 aromatic rings. The lowest BCUT2D eigenvalue weighted by Crippen LogP contribution is -2.09. The number of hydrogen-bond donors (Lipinski definition) is 2. The van der Waals surface area contributed by atoms with Crippen molar-refractivity contribution in [1.29, 1.82) is 0 Å². The summed E-state index contributed by atoms with van der Waals surface area (Å²) in [5.41, 5.74) is 6.60. The molecule has 0 amide bonds. The highest BCUT2D eigenvalue weighted by molar-refractivity contribution is 6.08. The van der Waals surface area contributed by atoms with E-state index >= 15 is 0 Å². The van der Waals surface area contributed by atoms with Crippen LogP contribution in [0.25, 0.3) is 65.9 Å². The van der Waals surface area contributed by atoms with E-state index in [2.05, 4.69) is 28.2 Å². The van der Waals surface area contributed by atoms with Crippen molar-refractivity contribution in [3.8, 4) is 22.3 Å². The van der Waals surface area contributed by atoms with E-state index in [0.717, 1.165) is 33.3 Å². The molecule has 0 aliphatic carbocycles. The monoisotopic (exact) mass is 464 g/mol. The van der Waals surface area contributed by atoms with Gasteiger partial charge < -0.3 is 9.97 Å². The van der Waals surface area contributed by atoms with Crippen LogP contribution >= 0.6 is 0 Å². The van der Waals surface area contributed by atoms with E-state index in [1.54, 1.807) is 12.1 Å². The zero-order valence-electron chi connectivity index (χ0n) is 19.2. The standard InChI is InChI=1S/C32H20N2O2/c35-31-22-13-7-8-14-25(22)33-27-18-24-28(17-23(27)31)34-26-16-15-21(19-9-3-1-4-10-19)29(30(26)32(24)36)20-11-5-2-6-12-20/h1-18H,(H,33,35)(H,34,36). The van der Waals surface area contributed by atoms with Gasteiger partial charge in [-0.3, -0.25) is 9.59 Å². The van der Waals surface area contributed by atoms with Crippen molar-refractivity contribution in [2.24, 2.45) is 0 Å². The summed E-state index contributed by atoms with van der Waals surface area (Å²) in [5.74, 6) is 0. The molecule has 0 aliphatic heterocycles. The largest absolute Gasteiger partial charge is 0.354 e. The minimum absolute atomic E-state index is 0.0494. The Kier molecular flexibility index (Phi) is 4.42. The third-order valence-corrected chi connectivity index (χ3v) is 6.94. The summed E-state index contributed by atoms with van der Waals surface area (Å²) in [6.07, 6.45) is 0. The van der Waals surface area contributed by atoms with Gasteiger partial charge in [-0.05, 0) is 47.0 Å². The molecule has 7 rings (SSSR count). The van der Waals surface area contributed by atoms with E-state index < -0.39 is 0 Å². The molecule has 2 heterocycles. The number of H-pyrrole nitrogens is 2. The maximum atomic E-state index is 14.1. The van der Waals surface area contributed by atoms with Gasteiger partial charge in [0.1, 0.15) is 0 Å². The number of benzene rings is 5. The van der Waals surface area contributed by atoms with Crippen molar-refractivity contribution in [3.05, 3.63) is 130 Å². The van der Waals surface area contributed by atoms with Gasteiger partial charge in [0.25, 0.3) is 0 Å². The first-order valence-corrected chi connectivity index (χ1v) is 11.9. The summed E-state index contributed by atoms with van der Waals surface area (Å²) in [7, 11) is 0. The van der Waals surface area contributed by atoms with Crippen molar-refractivity contribution < 1.29 is 0 Å². The minimum atomic E-state index is -0.0636. The van der Waals surface area contributed by atoms with Crippen LogP contribution in [0.3, 0.4) is 0 Å². The zero-order valence-corrected chi connectivity index (χ0v) is 19.2. The van der Waals surface area contributed by atoms with Crippen molar-refractivity contribution in [2.75, 3.05) is 0 Å². The summed E-state index contributed by atoms with van der Waals surface area (Å²) in [6, 6.07) is 35.2. The van der Waals surface area contributed by atoms with Gasteiger partial charge in [-0.25, -0.2) is 0 Å². The highest BCUT2D eigenvalue weighted by Gasteiger charge is 2.17. The Labute approximate surface area is 205 Å². The molecular weight excluding hydrogens is 444 g/mol. The summed E-state index contributed by atoms with van der Waals surface area (Å²) in [6.45, 7) is 0. The lowest BCUT2D eigenvalue weighted by atomic mass is 9.90. The third kappa shape index (κ3) is 3.01. The number of fused-ring (bicyclic) bond motifs is 4. The van der Waals surface area contributed by atoms with Crippen LogP contribution in [0.5, 0.6) is 0 Å². The van der Waals surface area contributed by atoms with Crippen molar-refractivity contribution >= 4 is 43.6 Å². The van der Waals surface area contributed by atoms with Gasteiger partial charge in [-0.2, -0.15) is 0 Å². The van der Waals surface area contributed by atoms with Gasteiger partial charge in [0.2, 0.25) is 0 Å². The molecule has 0 spiro atoms. The lowest BCUT2D eigenvalue weighted by molar-refractivity contribution is 1.45. The topological polar surface area (TPSA) is 65.7 Å². The number of hydrogen-bond acceptors (Lipinski definition) is 2. The Bertz CT molecular complexity index is 2070. The smallest absolute Gasteiger partial charge is 0.197 e. The van der Waals surface area contributed by atoms with Crippen LogP contribution in [-0.2, 0) is 0 Å². The molecule has 0 aliphatic rings. The molecule has 2 aromatic heterocycles. The Morgan fingerprint density at radius 2 is 1.03 bits per heavy atom. The summed E-state index contributed by atoms with van der Waals surface area (Å²) in [4.78, 5) is 34.2. The second-order valence-corrected chi connectivity index (χ2v) is 9.04. The summed E-state index contributed by atoms with van der Waals surface area (Å²) in [5, 5.41) is 2.37. The van der Waals surface area contributed by atoms with Crippen LogP contribution in [0, 0.1) is 0 Å². The van der Waals surface area contributed by atoms with Crippen LogP contribution in [-0.4, -0.2) is 9.97 Å². The van der Waals surface area contributed by atoms with E-state index in [1.807, 2.05) is 78.9 Å². The summed E-state index contributed by atoms with van der Waals surface area (Å²) < 4.78 is 0. The quantitative estimate of drug-likeness (QED) is 0.270. The Balaban J connectivity index is 1.64. The molecule has 4 heteroatoms. The maximum Gasteiger partial charge on any atom is 0.197 e. The fourth-order valence-electron chi connectivity index (χ4n) is 5.25. The van der Waals surface area contributed by atoms with Gasteiger partial charge in [0, 0.05) is 27.2 Å². The molecule has 0 bridgehead atoms. The predicted octanol–water partition coefficient (Wildman–Crippen LogP) is 7.01. The summed E-state index contributed by atoms with van der Waals surface area (Å²) >= 11 is 0. The number of aromatic nitrogens is 2. The van der Waals surface area contributed by atoms with Gasteiger partial charge in [-0.1, -0.05) is 78.9 Å². The van der Waals surface area contributed by atoms with Crippen LogP contribution in [0.2, 0.25) is 0 Å². The molecule has 4 nitrogen and oxygen atoms in total. The molecule has 0 unspecified atom stereocenters. The van der Waals surface area contributed by atoms with Crippen LogP contribution in [0.4, 0.5) is 0 Å². The highest BCUT2D eigenvalue weighted by atomic mass is 16.1. The first-order valence-electron chi connectivity index (χ1n) is 11.9. The zero-order chi connectivity index (χ0) is 24.2. The molecule has 0 radical (unpaired) electrons. The lowest BCUT2D eigenvalue weighted by Gasteiger charge is -2.15. The Morgan fingerprint density at radius 3 is 1.75 bits per heavy atom. The Hall–Kier alpha value is -4.96. The molecule has 36 heavy (non-hydrogen) atoms. The third-order valence-electron chi connectivity index (χ3n) is 6.94. The average Bonchev–Trinajstić information content (AvgIpc) is 2.93.